The van der Waals surface area contributed by atoms with Gasteiger partial charge in [-0.1, -0.05) is 0 Å². The van der Waals surface area contributed by atoms with Crippen LogP contribution in [0.1, 0.15) is 16.9 Å². The second kappa shape index (κ2) is 5.01. The smallest absolute Gasteiger partial charge is 0.356 e. The average Bonchev–Trinajstić information content (AvgIpc) is 2.80. The van der Waals surface area contributed by atoms with Crippen molar-refractivity contribution in [1.82, 2.24) is 9.97 Å². The summed E-state index contributed by atoms with van der Waals surface area (Å²) in [4.78, 5) is 42.7. The standard InChI is InChI=1S/C11H11N3O5/c1-19-11(18)6-2-9(15)14(5-6)8-4-12-3-7(13-8)10(16)17/h3-4,6H,2,5H2,1H3,(H,16,17). The van der Waals surface area contributed by atoms with Crippen LogP contribution in [-0.2, 0) is 14.3 Å². The Kier molecular flexibility index (Phi) is 3.41. The average molecular weight is 265 g/mol. The lowest BCUT2D eigenvalue weighted by molar-refractivity contribution is -0.145. The van der Waals surface area contributed by atoms with E-state index in [0.29, 0.717) is 0 Å². The monoisotopic (exact) mass is 265 g/mol. The number of anilines is 1. The van der Waals surface area contributed by atoms with Crippen molar-refractivity contribution in [3.8, 4) is 0 Å². The maximum atomic E-state index is 11.8. The number of carbonyl (C=O) groups excluding carboxylic acids is 2. The van der Waals surface area contributed by atoms with Crippen molar-refractivity contribution in [2.75, 3.05) is 18.6 Å². The molecule has 1 amide bonds. The van der Waals surface area contributed by atoms with E-state index in [-0.39, 0.29) is 30.4 Å². The third-order valence-corrected chi connectivity index (χ3v) is 2.78. The van der Waals surface area contributed by atoms with Gasteiger partial charge in [-0.2, -0.15) is 0 Å². The molecule has 0 radical (unpaired) electrons. The Morgan fingerprint density at radius 2 is 2.21 bits per heavy atom. The molecule has 0 aliphatic carbocycles. The Morgan fingerprint density at radius 3 is 2.84 bits per heavy atom. The summed E-state index contributed by atoms with van der Waals surface area (Å²) in [6.07, 6.45) is 2.39. The number of carboxylic acid groups (broad SMARTS) is 1. The molecule has 0 spiro atoms. The van der Waals surface area contributed by atoms with Gasteiger partial charge in [-0.05, 0) is 0 Å². The molecule has 1 N–H and O–H groups in total. The zero-order chi connectivity index (χ0) is 14.0. The van der Waals surface area contributed by atoms with Crippen molar-refractivity contribution in [3.05, 3.63) is 18.1 Å². The Hall–Kier alpha value is -2.51. The van der Waals surface area contributed by atoms with Crippen LogP contribution in [0.15, 0.2) is 12.4 Å². The first-order valence-electron chi connectivity index (χ1n) is 5.46. The first kappa shape index (κ1) is 12.9. The molecule has 1 aliphatic heterocycles. The van der Waals surface area contributed by atoms with E-state index in [1.54, 1.807) is 0 Å². The molecule has 19 heavy (non-hydrogen) atoms. The van der Waals surface area contributed by atoms with Crippen molar-refractivity contribution < 1.29 is 24.2 Å². The highest BCUT2D eigenvalue weighted by Gasteiger charge is 2.36. The highest BCUT2D eigenvalue weighted by atomic mass is 16.5. The van der Waals surface area contributed by atoms with Gasteiger partial charge in [0, 0.05) is 13.0 Å². The summed E-state index contributed by atoms with van der Waals surface area (Å²) >= 11 is 0. The number of nitrogens with zero attached hydrogens (tertiary/aromatic N) is 3. The molecule has 1 aromatic heterocycles. The largest absolute Gasteiger partial charge is 0.476 e. The SMILES string of the molecule is COC(=O)C1CC(=O)N(c2cncc(C(=O)O)n2)C1. The van der Waals surface area contributed by atoms with Crippen molar-refractivity contribution in [1.29, 1.82) is 0 Å². The molecule has 1 fully saturated rings. The van der Waals surface area contributed by atoms with E-state index in [2.05, 4.69) is 14.7 Å². The predicted octanol–water partition coefficient (Wildman–Crippen LogP) is -0.299. The van der Waals surface area contributed by atoms with Crippen molar-refractivity contribution >= 4 is 23.7 Å². The molecule has 2 heterocycles. The van der Waals surface area contributed by atoms with E-state index in [1.807, 2.05) is 0 Å². The Labute approximate surface area is 108 Å². The number of carbonyl (C=O) groups is 3. The number of methoxy groups -OCH3 is 1. The summed E-state index contributed by atoms with van der Waals surface area (Å²) in [6.45, 7) is 0.114. The van der Waals surface area contributed by atoms with Gasteiger partial charge < -0.3 is 9.84 Å². The van der Waals surface area contributed by atoms with E-state index < -0.39 is 17.9 Å². The molecule has 8 nitrogen and oxygen atoms in total. The summed E-state index contributed by atoms with van der Waals surface area (Å²) in [5, 5.41) is 8.82. The van der Waals surface area contributed by atoms with Gasteiger partial charge in [-0.25, -0.2) is 9.78 Å². The first-order chi connectivity index (χ1) is 9.02. The second-order valence-electron chi connectivity index (χ2n) is 4.00. The van der Waals surface area contributed by atoms with E-state index in [4.69, 9.17) is 5.11 Å². The molecule has 1 aliphatic rings. The van der Waals surface area contributed by atoms with Crippen LogP contribution >= 0.6 is 0 Å². The highest BCUT2D eigenvalue weighted by Crippen LogP contribution is 2.23. The number of rotatable bonds is 3. The fraction of sp³-hybridized carbons (Fsp3) is 0.364. The van der Waals surface area contributed by atoms with Crippen molar-refractivity contribution in [3.63, 3.8) is 0 Å². The zero-order valence-electron chi connectivity index (χ0n) is 10.1. The first-order valence-corrected chi connectivity index (χ1v) is 5.46. The van der Waals surface area contributed by atoms with Gasteiger partial charge >= 0.3 is 11.9 Å². The summed E-state index contributed by atoms with van der Waals surface area (Å²) in [6, 6.07) is 0. The number of hydrogen-bond donors (Lipinski definition) is 1. The quantitative estimate of drug-likeness (QED) is 0.747. The molecule has 1 aromatic rings. The number of amides is 1. The minimum Gasteiger partial charge on any atom is -0.476 e. The van der Waals surface area contributed by atoms with Crippen LogP contribution in [0.25, 0.3) is 0 Å². The van der Waals surface area contributed by atoms with E-state index in [9.17, 15) is 14.4 Å². The van der Waals surface area contributed by atoms with Gasteiger partial charge in [0.25, 0.3) is 0 Å². The fourth-order valence-corrected chi connectivity index (χ4v) is 1.84. The fourth-order valence-electron chi connectivity index (χ4n) is 1.84. The number of aromatic nitrogens is 2. The lowest BCUT2D eigenvalue weighted by atomic mass is 10.1. The molecule has 1 atom stereocenters. The topological polar surface area (TPSA) is 110 Å². The Morgan fingerprint density at radius 1 is 1.47 bits per heavy atom. The Balaban J connectivity index is 2.23. The number of aromatic carboxylic acids is 1. The van der Waals surface area contributed by atoms with Crippen LogP contribution in [0, 0.1) is 5.92 Å². The van der Waals surface area contributed by atoms with Crippen LogP contribution in [0.4, 0.5) is 5.82 Å². The maximum absolute atomic E-state index is 11.8. The molecule has 2 rings (SSSR count). The Bertz CT molecular complexity index is 545. The zero-order valence-corrected chi connectivity index (χ0v) is 10.1. The third-order valence-electron chi connectivity index (χ3n) is 2.78. The molecule has 0 saturated carbocycles. The molecule has 8 heteroatoms. The molecule has 0 bridgehead atoms. The summed E-state index contributed by atoms with van der Waals surface area (Å²) < 4.78 is 4.58. The highest BCUT2D eigenvalue weighted by molar-refractivity contribution is 5.99. The van der Waals surface area contributed by atoms with Gasteiger partial charge in [-0.3, -0.25) is 19.5 Å². The van der Waals surface area contributed by atoms with Crippen LogP contribution in [-0.4, -0.2) is 46.6 Å². The van der Waals surface area contributed by atoms with E-state index >= 15 is 0 Å². The van der Waals surface area contributed by atoms with E-state index in [0.717, 1.165) is 6.20 Å². The normalized spacial score (nSPS) is 18.5. The summed E-state index contributed by atoms with van der Waals surface area (Å²) in [7, 11) is 1.25. The molecular formula is C11H11N3O5. The summed E-state index contributed by atoms with van der Waals surface area (Å²) in [5.74, 6) is -2.46. The summed E-state index contributed by atoms with van der Waals surface area (Å²) in [5.41, 5.74) is -0.258. The van der Waals surface area contributed by atoms with Crippen molar-refractivity contribution in [2.45, 2.75) is 6.42 Å². The lowest BCUT2D eigenvalue weighted by Gasteiger charge is -2.14. The van der Waals surface area contributed by atoms with Gasteiger partial charge in [0.05, 0.1) is 25.4 Å². The van der Waals surface area contributed by atoms with Crippen LogP contribution in [0.3, 0.4) is 0 Å². The van der Waals surface area contributed by atoms with Gasteiger partial charge in [0.1, 0.15) is 0 Å². The third kappa shape index (κ3) is 2.51. The second-order valence-corrected chi connectivity index (χ2v) is 4.00. The van der Waals surface area contributed by atoms with Crippen molar-refractivity contribution in [2.24, 2.45) is 5.92 Å². The minimum absolute atomic E-state index is 0.0195. The number of esters is 1. The lowest BCUT2D eigenvalue weighted by Crippen LogP contribution is -2.27. The van der Waals surface area contributed by atoms with E-state index in [1.165, 1.54) is 18.2 Å². The van der Waals surface area contributed by atoms with Gasteiger partial charge in [-0.15, -0.1) is 0 Å². The van der Waals surface area contributed by atoms with Crippen LogP contribution < -0.4 is 4.90 Å². The molecule has 100 valence electrons. The molecule has 0 aromatic carbocycles. The van der Waals surface area contributed by atoms with Crippen LogP contribution in [0.2, 0.25) is 0 Å². The molecule has 1 saturated heterocycles. The number of hydrogen-bond acceptors (Lipinski definition) is 6. The number of carboxylic acids is 1. The minimum atomic E-state index is -1.23. The predicted molar refractivity (Wildman–Crippen MR) is 61.5 cm³/mol. The van der Waals surface area contributed by atoms with Crippen LogP contribution in [0.5, 0.6) is 0 Å². The molecular weight excluding hydrogens is 254 g/mol. The van der Waals surface area contributed by atoms with Gasteiger partial charge in [0.2, 0.25) is 5.91 Å². The molecule has 1 unspecified atom stereocenters. The maximum Gasteiger partial charge on any atom is 0.356 e. The van der Waals surface area contributed by atoms with Gasteiger partial charge in [0.15, 0.2) is 11.5 Å². The number of ether oxygens (including phenoxy) is 1.